The second kappa shape index (κ2) is 5.52. The standard InChI is InChI=1S/C21H22BN2/c1-15-8-7-11-20-18(15)12-13-21(23(20)4)24-19-10-6-5-9-17(19)14-16(2)22(24)3/h5-14H,1-4H3/q+1/i2D3. The van der Waals surface area contributed by atoms with Gasteiger partial charge in [0.15, 0.2) is 0 Å². The quantitative estimate of drug-likeness (QED) is 0.467. The molecule has 4 rings (SSSR count). The van der Waals surface area contributed by atoms with Crippen molar-refractivity contribution in [3.8, 4) is 0 Å². The third kappa shape index (κ3) is 2.15. The Morgan fingerprint density at radius 1 is 1.04 bits per heavy atom. The number of benzene rings is 2. The minimum Gasteiger partial charge on any atom is -0.287 e. The molecular formula is C21H22BN2+. The lowest BCUT2D eigenvalue weighted by atomic mass is 9.54. The summed E-state index contributed by atoms with van der Waals surface area (Å²) >= 11 is 0. The average molecular weight is 316 g/mol. The van der Waals surface area contributed by atoms with Crippen molar-refractivity contribution in [1.29, 1.82) is 0 Å². The lowest BCUT2D eigenvalue weighted by Gasteiger charge is -2.28. The van der Waals surface area contributed by atoms with E-state index in [2.05, 4.69) is 52.7 Å². The van der Waals surface area contributed by atoms with Crippen LogP contribution in [0.5, 0.6) is 0 Å². The second-order valence-electron chi connectivity index (χ2n) is 6.46. The summed E-state index contributed by atoms with van der Waals surface area (Å²) in [5, 5.41) is 1.20. The van der Waals surface area contributed by atoms with Crippen molar-refractivity contribution < 1.29 is 8.68 Å². The van der Waals surface area contributed by atoms with Crippen molar-refractivity contribution in [2.75, 3.05) is 4.81 Å². The van der Waals surface area contributed by atoms with E-state index in [1.165, 1.54) is 10.9 Å². The van der Waals surface area contributed by atoms with Crippen LogP contribution in [-0.4, -0.2) is 6.85 Å². The summed E-state index contributed by atoms with van der Waals surface area (Å²) in [5.41, 5.74) is 4.78. The van der Waals surface area contributed by atoms with Crippen molar-refractivity contribution in [2.24, 2.45) is 7.05 Å². The Balaban J connectivity index is 1.97. The molecule has 0 amide bonds. The van der Waals surface area contributed by atoms with Crippen molar-refractivity contribution in [1.82, 2.24) is 0 Å². The zero-order chi connectivity index (χ0) is 19.3. The molecule has 0 unspecified atom stereocenters. The number of pyridine rings is 1. The summed E-state index contributed by atoms with van der Waals surface area (Å²) < 4.78 is 26.1. The van der Waals surface area contributed by atoms with Gasteiger partial charge in [-0.15, -0.1) is 0 Å². The zero-order valence-corrected chi connectivity index (χ0v) is 14.2. The first kappa shape index (κ1) is 11.9. The fourth-order valence-electron chi connectivity index (χ4n) is 3.60. The van der Waals surface area contributed by atoms with E-state index < -0.39 is 6.85 Å². The number of allylic oxidation sites excluding steroid dienone is 1. The van der Waals surface area contributed by atoms with Gasteiger partial charge in [0, 0.05) is 21.1 Å². The molecule has 3 aromatic rings. The molecule has 0 atom stereocenters. The molecular weight excluding hydrogens is 291 g/mol. The van der Waals surface area contributed by atoms with Crippen molar-refractivity contribution in [2.45, 2.75) is 20.6 Å². The molecule has 1 aromatic heterocycles. The van der Waals surface area contributed by atoms with Gasteiger partial charge in [0.2, 0.25) is 0 Å². The van der Waals surface area contributed by atoms with Gasteiger partial charge in [0.05, 0.1) is 7.05 Å². The van der Waals surface area contributed by atoms with E-state index >= 15 is 0 Å². The highest BCUT2D eigenvalue weighted by atomic mass is 15.2. The fourth-order valence-corrected chi connectivity index (χ4v) is 3.60. The van der Waals surface area contributed by atoms with Crippen LogP contribution in [0, 0.1) is 6.92 Å². The van der Waals surface area contributed by atoms with Gasteiger partial charge in [0.1, 0.15) is 11.2 Å². The Hall–Kier alpha value is -2.55. The predicted molar refractivity (Wildman–Crippen MR) is 104 cm³/mol. The van der Waals surface area contributed by atoms with Crippen molar-refractivity contribution >= 4 is 35.3 Å². The molecule has 118 valence electrons. The van der Waals surface area contributed by atoms with E-state index in [9.17, 15) is 0 Å². The van der Waals surface area contributed by atoms with E-state index in [1.807, 2.05) is 38.1 Å². The minimum absolute atomic E-state index is 0.263. The van der Waals surface area contributed by atoms with Crippen LogP contribution in [0.25, 0.3) is 17.0 Å². The van der Waals surface area contributed by atoms with Gasteiger partial charge in [-0.3, -0.25) is 4.81 Å². The number of para-hydroxylation sites is 1. The number of rotatable bonds is 1. The van der Waals surface area contributed by atoms with Crippen LogP contribution >= 0.6 is 0 Å². The molecule has 2 heterocycles. The SMILES string of the molecule is [2H]C([2H])([2H])C1=Cc2ccccc2N(c2ccc3c(C)cccc3[n+]2C)B1C. The maximum absolute atomic E-state index is 8.00. The van der Waals surface area contributed by atoms with Crippen LogP contribution in [0.3, 0.4) is 0 Å². The first-order valence-corrected chi connectivity index (χ1v) is 8.28. The number of aromatic nitrogens is 1. The highest BCUT2D eigenvalue weighted by Crippen LogP contribution is 2.35. The number of hydrogen-bond acceptors (Lipinski definition) is 1. The van der Waals surface area contributed by atoms with E-state index in [0.29, 0.717) is 5.47 Å². The molecule has 0 aliphatic carbocycles. The largest absolute Gasteiger partial charge is 0.405 e. The Kier molecular flexibility index (Phi) is 2.74. The number of nitrogens with zero attached hydrogens (tertiary/aromatic N) is 2. The molecule has 0 saturated carbocycles. The van der Waals surface area contributed by atoms with Gasteiger partial charge < -0.3 is 0 Å². The van der Waals surface area contributed by atoms with E-state index in [-0.39, 0.29) is 6.85 Å². The van der Waals surface area contributed by atoms with E-state index in [1.54, 1.807) is 0 Å². The fraction of sp³-hybridized carbons (Fsp3) is 0.190. The van der Waals surface area contributed by atoms with Crippen LogP contribution < -0.4 is 9.38 Å². The topological polar surface area (TPSA) is 7.12 Å². The van der Waals surface area contributed by atoms with Gasteiger partial charge in [-0.1, -0.05) is 41.9 Å². The van der Waals surface area contributed by atoms with Crippen LogP contribution in [0.4, 0.5) is 11.5 Å². The molecule has 0 radical (unpaired) electrons. The summed E-state index contributed by atoms with van der Waals surface area (Å²) in [6, 6.07) is 18.5. The smallest absolute Gasteiger partial charge is 0.287 e. The predicted octanol–water partition coefficient (Wildman–Crippen LogP) is 4.69. The van der Waals surface area contributed by atoms with Gasteiger partial charge in [-0.25, -0.2) is 4.57 Å². The molecule has 1 aliphatic heterocycles. The molecule has 0 saturated heterocycles. The first-order valence-electron chi connectivity index (χ1n) is 9.78. The Morgan fingerprint density at radius 2 is 1.88 bits per heavy atom. The normalized spacial score (nSPS) is 16.3. The van der Waals surface area contributed by atoms with Gasteiger partial charge in [0.25, 0.3) is 5.82 Å². The summed E-state index contributed by atoms with van der Waals surface area (Å²) in [4.78, 5) is 2.14. The van der Waals surface area contributed by atoms with Crippen LogP contribution in [0.2, 0.25) is 6.82 Å². The number of aryl methyl sites for hydroxylation is 2. The molecule has 0 N–H and O–H groups in total. The summed E-state index contributed by atoms with van der Waals surface area (Å²) in [6.45, 7) is 1.68. The number of anilines is 2. The zero-order valence-electron chi connectivity index (χ0n) is 17.2. The van der Waals surface area contributed by atoms with Crippen LogP contribution in [-0.2, 0) is 7.05 Å². The molecule has 0 fully saturated rings. The van der Waals surface area contributed by atoms with Crippen LogP contribution in [0.1, 0.15) is 22.1 Å². The molecule has 0 spiro atoms. The lowest BCUT2D eigenvalue weighted by Crippen LogP contribution is -2.45. The summed E-state index contributed by atoms with van der Waals surface area (Å²) in [6.07, 6.45) is 1.83. The molecule has 24 heavy (non-hydrogen) atoms. The van der Waals surface area contributed by atoms with Crippen LogP contribution in [0.15, 0.2) is 60.1 Å². The molecule has 0 bridgehead atoms. The van der Waals surface area contributed by atoms with E-state index in [0.717, 1.165) is 22.6 Å². The third-order valence-corrected chi connectivity index (χ3v) is 5.00. The van der Waals surface area contributed by atoms with Gasteiger partial charge >= 0.3 is 6.85 Å². The molecule has 2 nitrogen and oxygen atoms in total. The van der Waals surface area contributed by atoms with Crippen molar-refractivity contribution in [3.63, 3.8) is 0 Å². The van der Waals surface area contributed by atoms with Crippen molar-refractivity contribution in [3.05, 3.63) is 71.2 Å². The Morgan fingerprint density at radius 3 is 2.71 bits per heavy atom. The molecule has 3 heteroatoms. The van der Waals surface area contributed by atoms with Gasteiger partial charge in [-0.05, 0) is 44.4 Å². The Labute approximate surface area is 148 Å². The highest BCUT2D eigenvalue weighted by molar-refractivity contribution is 6.72. The Bertz CT molecular complexity index is 1070. The maximum atomic E-state index is 8.00. The van der Waals surface area contributed by atoms with Gasteiger partial charge in [-0.2, -0.15) is 0 Å². The maximum Gasteiger partial charge on any atom is 0.405 e. The first-order chi connectivity index (χ1) is 12.8. The van der Waals surface area contributed by atoms with E-state index in [4.69, 9.17) is 4.11 Å². The second-order valence-corrected chi connectivity index (χ2v) is 6.46. The monoisotopic (exact) mass is 316 g/mol. The number of fused-ring (bicyclic) bond motifs is 2. The third-order valence-electron chi connectivity index (χ3n) is 5.00. The molecule has 1 aliphatic rings. The average Bonchev–Trinajstić information content (AvgIpc) is 2.62. The minimum atomic E-state index is -2.13. The summed E-state index contributed by atoms with van der Waals surface area (Å²) in [5.74, 6) is 0.975. The lowest BCUT2D eigenvalue weighted by molar-refractivity contribution is -0.631. The molecule has 2 aromatic carbocycles. The summed E-state index contributed by atoms with van der Waals surface area (Å²) in [7, 11) is 2.04. The highest BCUT2D eigenvalue weighted by Gasteiger charge is 2.36. The number of hydrogen-bond donors (Lipinski definition) is 0.